The van der Waals surface area contributed by atoms with E-state index in [4.69, 9.17) is 11.6 Å². The molecule has 0 radical (unpaired) electrons. The first-order valence-electron chi connectivity index (χ1n) is 7.08. The third-order valence-electron chi connectivity index (χ3n) is 3.06. The number of aromatic nitrogens is 1. The maximum absolute atomic E-state index is 11.9. The minimum absolute atomic E-state index is 0.172. The third kappa shape index (κ3) is 3.67. The molecule has 124 valence electrons. The first-order chi connectivity index (χ1) is 10.8. The summed E-state index contributed by atoms with van der Waals surface area (Å²) in [6.07, 6.45) is 1.37. The van der Waals surface area contributed by atoms with Crippen LogP contribution in [0.3, 0.4) is 0 Å². The fraction of sp³-hybridized carbons (Fsp3) is 0.267. The van der Waals surface area contributed by atoms with Gasteiger partial charge in [0, 0.05) is 30.6 Å². The maximum atomic E-state index is 11.9. The number of H-pyrrole nitrogens is 1. The first-order valence-corrected chi connectivity index (χ1v) is 7.08. The van der Waals surface area contributed by atoms with E-state index in [0.29, 0.717) is 17.0 Å². The highest BCUT2D eigenvalue weighted by Gasteiger charge is 2.18. The number of allylic oxidation sites excluding steroid dienone is 1. The summed E-state index contributed by atoms with van der Waals surface area (Å²) in [5, 5.41) is 13.0. The number of aromatic amines is 1. The molecule has 0 saturated carbocycles. The van der Waals surface area contributed by atoms with Gasteiger partial charge in [0.15, 0.2) is 0 Å². The zero-order chi connectivity index (χ0) is 17.7. The number of rotatable bonds is 3. The average molecular weight is 319 g/mol. The molecule has 1 aromatic heterocycles. The highest BCUT2D eigenvalue weighted by molar-refractivity contribution is 5.93. The van der Waals surface area contributed by atoms with Gasteiger partial charge in [-0.1, -0.05) is 13.8 Å². The van der Waals surface area contributed by atoms with Crippen LogP contribution in [0.4, 0.5) is 5.69 Å². The van der Waals surface area contributed by atoms with Crippen LogP contribution in [-0.2, 0) is 0 Å². The van der Waals surface area contributed by atoms with E-state index in [1.54, 1.807) is 14.0 Å². The summed E-state index contributed by atoms with van der Waals surface area (Å²) in [5.41, 5.74) is 6.42. The molecule has 0 bridgehead atoms. The molecule has 0 fully saturated rings. The fourth-order valence-corrected chi connectivity index (χ4v) is 2.28. The quantitative estimate of drug-likeness (QED) is 0.450. The molecule has 0 atom stereocenters. The van der Waals surface area contributed by atoms with E-state index in [9.17, 15) is 14.9 Å². The van der Waals surface area contributed by atoms with Gasteiger partial charge in [-0.2, -0.15) is 0 Å². The van der Waals surface area contributed by atoms with E-state index < -0.39 is 10.5 Å². The highest BCUT2D eigenvalue weighted by atomic mass is 16.6. The number of nitro benzene ring substituents is 1. The number of nitrogens with zero attached hydrogens (tertiary/aromatic N) is 2. The minimum Gasteiger partial charge on any atom is -0.401 e. The molecular formula is C15H21N5O3. The molecular weight excluding hydrogens is 298 g/mol. The van der Waals surface area contributed by atoms with Crippen LogP contribution >= 0.6 is 0 Å². The number of pyridine rings is 1. The summed E-state index contributed by atoms with van der Waals surface area (Å²) in [5.74, 6) is 5.72. The Kier molecular flexibility index (Phi) is 5.86. The number of nitro groups is 1. The zero-order valence-electron chi connectivity index (χ0n) is 13.6. The van der Waals surface area contributed by atoms with Crippen molar-refractivity contribution in [2.45, 2.75) is 20.8 Å². The molecule has 1 heterocycles. The third-order valence-corrected chi connectivity index (χ3v) is 3.06. The molecule has 2 rings (SSSR count). The molecule has 8 nitrogen and oxygen atoms in total. The van der Waals surface area contributed by atoms with Crippen molar-refractivity contribution in [3.8, 4) is 0 Å². The minimum atomic E-state index is -0.536. The average Bonchev–Trinajstić information content (AvgIpc) is 2.48. The van der Waals surface area contributed by atoms with Crippen molar-refractivity contribution < 1.29 is 4.92 Å². The predicted octanol–water partition coefficient (Wildman–Crippen LogP) is 1.92. The van der Waals surface area contributed by atoms with Crippen LogP contribution < -0.4 is 17.1 Å². The largest absolute Gasteiger partial charge is 0.401 e. The fourth-order valence-electron chi connectivity index (χ4n) is 2.28. The van der Waals surface area contributed by atoms with E-state index >= 15 is 0 Å². The van der Waals surface area contributed by atoms with Crippen molar-refractivity contribution >= 4 is 22.2 Å². The second-order valence-electron chi connectivity index (χ2n) is 4.66. The summed E-state index contributed by atoms with van der Waals surface area (Å²) >= 11 is 0. The lowest BCUT2D eigenvalue weighted by atomic mass is 10.0. The molecule has 23 heavy (non-hydrogen) atoms. The summed E-state index contributed by atoms with van der Waals surface area (Å²) in [6.45, 7) is 5.63. The Balaban J connectivity index is 0.00000127. The predicted molar refractivity (Wildman–Crippen MR) is 91.3 cm³/mol. The number of hydrazine groups is 1. The molecule has 2 aromatic rings. The molecule has 0 aliphatic heterocycles. The molecule has 0 aliphatic carbocycles. The monoisotopic (exact) mass is 319 g/mol. The van der Waals surface area contributed by atoms with E-state index in [0.717, 1.165) is 0 Å². The number of non-ortho nitro benzene ring substituents is 1. The van der Waals surface area contributed by atoms with Gasteiger partial charge in [0.1, 0.15) is 0 Å². The van der Waals surface area contributed by atoms with Crippen LogP contribution in [0.5, 0.6) is 0 Å². The summed E-state index contributed by atoms with van der Waals surface area (Å²) < 4.78 is 0. The van der Waals surface area contributed by atoms with Gasteiger partial charge in [0.25, 0.3) is 11.2 Å². The lowest BCUT2D eigenvalue weighted by molar-refractivity contribution is -0.383. The molecule has 1 aromatic carbocycles. The SMILES string of the molecule is C/C(N)=C(\c1cc([N+](=O)[O-])c2cc[nH]c(=O)c2c1)N(C)N.CC. The van der Waals surface area contributed by atoms with Crippen LogP contribution in [0, 0.1) is 10.1 Å². The number of nitrogens with one attached hydrogen (secondary N) is 1. The number of hydrogen-bond acceptors (Lipinski definition) is 6. The molecule has 5 N–H and O–H groups in total. The number of hydrogen-bond donors (Lipinski definition) is 3. The second kappa shape index (κ2) is 7.41. The van der Waals surface area contributed by atoms with Crippen molar-refractivity contribution in [2.75, 3.05) is 7.05 Å². The zero-order valence-corrected chi connectivity index (χ0v) is 13.6. The Hall–Kier alpha value is -2.87. The molecule has 0 amide bonds. The number of fused-ring (bicyclic) bond motifs is 1. The normalized spacial score (nSPS) is 11.3. The Morgan fingerprint density at radius 1 is 1.30 bits per heavy atom. The van der Waals surface area contributed by atoms with Crippen molar-refractivity contribution in [3.63, 3.8) is 0 Å². The summed E-state index contributed by atoms with van der Waals surface area (Å²) in [4.78, 5) is 25.1. The topological polar surface area (TPSA) is 131 Å². The van der Waals surface area contributed by atoms with Gasteiger partial charge >= 0.3 is 0 Å². The lowest BCUT2D eigenvalue weighted by Gasteiger charge is -2.19. The van der Waals surface area contributed by atoms with Crippen molar-refractivity contribution in [1.29, 1.82) is 0 Å². The van der Waals surface area contributed by atoms with Gasteiger partial charge in [-0.3, -0.25) is 14.9 Å². The number of benzene rings is 1. The Morgan fingerprint density at radius 3 is 2.39 bits per heavy atom. The van der Waals surface area contributed by atoms with E-state index in [-0.39, 0.29) is 16.5 Å². The van der Waals surface area contributed by atoms with E-state index in [2.05, 4.69) is 4.98 Å². The molecule has 0 spiro atoms. The van der Waals surface area contributed by atoms with Crippen molar-refractivity contribution in [3.05, 3.63) is 56.1 Å². The molecule has 0 unspecified atom stereocenters. The van der Waals surface area contributed by atoms with Crippen molar-refractivity contribution in [2.24, 2.45) is 11.6 Å². The van der Waals surface area contributed by atoms with Crippen LogP contribution in [0.15, 0.2) is 34.9 Å². The van der Waals surface area contributed by atoms with Gasteiger partial charge in [0.2, 0.25) is 0 Å². The standard InChI is InChI=1S/C13H15N5O3.C2H6/c1-7(14)12(17(2)15)8-5-10-9(3-4-16-13(10)19)11(6-8)18(20)21;1-2/h3-6H,14-15H2,1-2H3,(H,16,19);1-2H3/b12-7-;. The number of nitrogens with two attached hydrogens (primary N) is 2. The van der Waals surface area contributed by atoms with E-state index in [1.807, 2.05) is 13.8 Å². The van der Waals surface area contributed by atoms with Crippen LogP contribution in [-0.4, -0.2) is 22.0 Å². The summed E-state index contributed by atoms with van der Waals surface area (Å²) in [7, 11) is 1.57. The molecule has 0 aliphatic rings. The lowest BCUT2D eigenvalue weighted by Crippen LogP contribution is -2.26. The Bertz CT molecular complexity index is 804. The van der Waals surface area contributed by atoms with Gasteiger partial charge in [-0.05, 0) is 19.1 Å². The Labute approximate surface area is 133 Å². The van der Waals surface area contributed by atoms with Crippen LogP contribution in [0.1, 0.15) is 26.3 Å². The first kappa shape index (κ1) is 18.2. The van der Waals surface area contributed by atoms with Crippen LogP contribution in [0.25, 0.3) is 16.5 Å². The van der Waals surface area contributed by atoms with Gasteiger partial charge in [-0.15, -0.1) is 0 Å². The molecule has 8 heteroatoms. The van der Waals surface area contributed by atoms with Crippen LogP contribution in [0.2, 0.25) is 0 Å². The van der Waals surface area contributed by atoms with Crippen molar-refractivity contribution in [1.82, 2.24) is 9.99 Å². The second-order valence-corrected chi connectivity index (χ2v) is 4.66. The Morgan fingerprint density at radius 2 is 1.91 bits per heavy atom. The highest BCUT2D eigenvalue weighted by Crippen LogP contribution is 2.29. The maximum Gasteiger partial charge on any atom is 0.278 e. The van der Waals surface area contributed by atoms with Gasteiger partial charge in [0.05, 0.1) is 21.4 Å². The summed E-state index contributed by atoms with van der Waals surface area (Å²) in [6, 6.07) is 4.39. The molecule has 0 saturated heterocycles. The smallest absolute Gasteiger partial charge is 0.278 e. The van der Waals surface area contributed by atoms with Gasteiger partial charge in [-0.25, -0.2) is 5.84 Å². The van der Waals surface area contributed by atoms with Gasteiger partial charge < -0.3 is 15.7 Å². The van der Waals surface area contributed by atoms with E-state index in [1.165, 1.54) is 29.4 Å².